The van der Waals surface area contributed by atoms with Crippen LogP contribution in [0.5, 0.6) is 0 Å². The Morgan fingerprint density at radius 2 is 2.33 bits per heavy atom. The fourth-order valence-electron chi connectivity index (χ4n) is 2.69. The van der Waals surface area contributed by atoms with Crippen molar-refractivity contribution in [1.29, 1.82) is 0 Å². The molecule has 0 aromatic carbocycles. The Morgan fingerprint density at radius 3 is 3.05 bits per heavy atom. The second-order valence-corrected chi connectivity index (χ2v) is 5.44. The molecule has 3 heterocycles. The van der Waals surface area contributed by atoms with Gasteiger partial charge in [0, 0.05) is 18.3 Å². The highest BCUT2D eigenvalue weighted by molar-refractivity contribution is 5.04. The number of aromatic nitrogens is 4. The van der Waals surface area contributed by atoms with E-state index in [4.69, 9.17) is 4.52 Å². The van der Waals surface area contributed by atoms with E-state index in [1.165, 1.54) is 0 Å². The minimum Gasteiger partial charge on any atom is -0.339 e. The second-order valence-electron chi connectivity index (χ2n) is 5.44. The Kier molecular flexibility index (Phi) is 3.83. The summed E-state index contributed by atoms with van der Waals surface area (Å²) in [4.78, 5) is 25.4. The van der Waals surface area contributed by atoms with Crippen molar-refractivity contribution in [3.8, 4) is 0 Å². The third kappa shape index (κ3) is 3.18. The van der Waals surface area contributed by atoms with Crippen molar-refractivity contribution in [1.82, 2.24) is 25.0 Å². The Labute approximate surface area is 122 Å². The molecule has 1 fully saturated rings. The van der Waals surface area contributed by atoms with Crippen molar-refractivity contribution in [3.63, 3.8) is 0 Å². The molecule has 0 unspecified atom stereocenters. The summed E-state index contributed by atoms with van der Waals surface area (Å²) in [6.45, 7) is 6.25. The average molecular weight is 289 g/mol. The fraction of sp³-hybridized carbons (Fsp3) is 0.571. The molecule has 0 radical (unpaired) electrons. The average Bonchev–Trinajstić information content (AvgIpc) is 3.07. The van der Waals surface area contributed by atoms with E-state index < -0.39 is 0 Å². The normalized spacial score (nSPS) is 19.2. The summed E-state index contributed by atoms with van der Waals surface area (Å²) >= 11 is 0. The molecule has 7 nitrogen and oxygen atoms in total. The van der Waals surface area contributed by atoms with Crippen LogP contribution in [0.3, 0.4) is 0 Å². The van der Waals surface area contributed by atoms with Gasteiger partial charge in [-0.15, -0.1) is 0 Å². The first-order chi connectivity index (χ1) is 10.1. The molecule has 7 heteroatoms. The standard InChI is InChI=1S/C14H19N5O2/c1-3-11-6-13(20)17-12(16-11)8-19-5-4-10(7-19)14-15-9(2)18-21-14/h6,10H,3-5,7-8H2,1-2H3,(H,16,17,20)/t10-/m1/s1. The monoisotopic (exact) mass is 289 g/mol. The quantitative estimate of drug-likeness (QED) is 0.904. The molecule has 1 aliphatic heterocycles. The lowest BCUT2D eigenvalue weighted by Gasteiger charge is -2.14. The molecule has 112 valence electrons. The highest BCUT2D eigenvalue weighted by Crippen LogP contribution is 2.26. The van der Waals surface area contributed by atoms with Crippen LogP contribution in [0, 0.1) is 6.92 Å². The summed E-state index contributed by atoms with van der Waals surface area (Å²) < 4.78 is 5.24. The van der Waals surface area contributed by atoms with Gasteiger partial charge in [-0.25, -0.2) is 4.98 Å². The van der Waals surface area contributed by atoms with Crippen LogP contribution in [0.25, 0.3) is 0 Å². The van der Waals surface area contributed by atoms with Crippen LogP contribution in [0.2, 0.25) is 0 Å². The lowest BCUT2D eigenvalue weighted by Crippen LogP contribution is -2.24. The fourth-order valence-corrected chi connectivity index (χ4v) is 2.69. The molecule has 0 aliphatic carbocycles. The number of hydrogen-bond acceptors (Lipinski definition) is 6. The van der Waals surface area contributed by atoms with Crippen LogP contribution in [0.15, 0.2) is 15.4 Å². The first kappa shape index (κ1) is 13.9. The van der Waals surface area contributed by atoms with Gasteiger partial charge in [0.15, 0.2) is 5.82 Å². The molecular formula is C14H19N5O2. The Balaban J connectivity index is 1.67. The molecule has 2 aromatic rings. The second kappa shape index (κ2) is 5.77. The van der Waals surface area contributed by atoms with Gasteiger partial charge in [0.25, 0.3) is 5.56 Å². The van der Waals surface area contributed by atoms with Crippen LogP contribution >= 0.6 is 0 Å². The number of nitrogens with zero attached hydrogens (tertiary/aromatic N) is 4. The van der Waals surface area contributed by atoms with Crippen molar-refractivity contribution in [3.05, 3.63) is 39.7 Å². The van der Waals surface area contributed by atoms with Crippen molar-refractivity contribution >= 4 is 0 Å². The summed E-state index contributed by atoms with van der Waals surface area (Å²) in [5.41, 5.74) is 0.747. The van der Waals surface area contributed by atoms with Gasteiger partial charge in [-0.2, -0.15) is 4.98 Å². The van der Waals surface area contributed by atoms with Crippen LogP contribution in [0.1, 0.15) is 42.5 Å². The maximum Gasteiger partial charge on any atom is 0.251 e. The van der Waals surface area contributed by atoms with Gasteiger partial charge in [0.2, 0.25) is 5.89 Å². The zero-order valence-electron chi connectivity index (χ0n) is 12.3. The molecule has 21 heavy (non-hydrogen) atoms. The van der Waals surface area contributed by atoms with E-state index in [1.807, 2.05) is 13.8 Å². The first-order valence-electron chi connectivity index (χ1n) is 7.25. The van der Waals surface area contributed by atoms with E-state index in [2.05, 4.69) is 25.0 Å². The highest BCUT2D eigenvalue weighted by atomic mass is 16.5. The number of likely N-dealkylation sites (tertiary alicyclic amines) is 1. The Morgan fingerprint density at radius 1 is 1.48 bits per heavy atom. The van der Waals surface area contributed by atoms with E-state index in [0.29, 0.717) is 18.3 Å². The van der Waals surface area contributed by atoms with E-state index in [9.17, 15) is 4.79 Å². The van der Waals surface area contributed by atoms with Crippen molar-refractivity contribution < 1.29 is 4.52 Å². The van der Waals surface area contributed by atoms with Gasteiger partial charge >= 0.3 is 0 Å². The number of aryl methyl sites for hydroxylation is 2. The summed E-state index contributed by atoms with van der Waals surface area (Å²) in [5, 5.41) is 3.84. The van der Waals surface area contributed by atoms with Crippen LogP contribution in [0.4, 0.5) is 0 Å². The largest absolute Gasteiger partial charge is 0.339 e. The summed E-state index contributed by atoms with van der Waals surface area (Å²) in [5.74, 6) is 2.37. The maximum atomic E-state index is 11.6. The number of aromatic amines is 1. The van der Waals surface area contributed by atoms with E-state index in [-0.39, 0.29) is 11.5 Å². The lowest BCUT2D eigenvalue weighted by atomic mass is 10.1. The van der Waals surface area contributed by atoms with E-state index in [0.717, 1.165) is 37.4 Å². The SMILES string of the molecule is CCc1cc(=O)[nH]c(CN2CC[C@@H](c3nc(C)no3)C2)n1. The van der Waals surface area contributed by atoms with E-state index >= 15 is 0 Å². The van der Waals surface area contributed by atoms with Gasteiger partial charge < -0.3 is 9.51 Å². The third-order valence-corrected chi connectivity index (χ3v) is 3.74. The molecule has 0 bridgehead atoms. The number of rotatable bonds is 4. The molecule has 1 atom stereocenters. The molecule has 0 spiro atoms. The zero-order valence-corrected chi connectivity index (χ0v) is 12.3. The smallest absolute Gasteiger partial charge is 0.251 e. The zero-order chi connectivity index (χ0) is 14.8. The molecule has 0 saturated carbocycles. The van der Waals surface area contributed by atoms with Gasteiger partial charge in [0.1, 0.15) is 5.82 Å². The Bertz CT molecular complexity index is 678. The van der Waals surface area contributed by atoms with E-state index in [1.54, 1.807) is 6.07 Å². The summed E-state index contributed by atoms with van der Waals surface area (Å²) in [6.07, 6.45) is 1.75. The molecule has 3 rings (SSSR count). The van der Waals surface area contributed by atoms with Crippen LogP contribution < -0.4 is 5.56 Å². The molecule has 1 aliphatic rings. The van der Waals surface area contributed by atoms with Crippen LogP contribution in [-0.4, -0.2) is 38.1 Å². The number of hydrogen-bond donors (Lipinski definition) is 1. The van der Waals surface area contributed by atoms with Crippen LogP contribution in [-0.2, 0) is 13.0 Å². The van der Waals surface area contributed by atoms with Gasteiger partial charge in [0.05, 0.1) is 12.5 Å². The minimum atomic E-state index is -0.0832. The van der Waals surface area contributed by atoms with Crippen molar-refractivity contribution in [2.45, 2.75) is 39.2 Å². The highest BCUT2D eigenvalue weighted by Gasteiger charge is 2.28. The third-order valence-electron chi connectivity index (χ3n) is 3.74. The number of H-pyrrole nitrogens is 1. The van der Waals surface area contributed by atoms with Gasteiger partial charge in [-0.3, -0.25) is 9.69 Å². The van der Waals surface area contributed by atoms with Crippen molar-refractivity contribution in [2.24, 2.45) is 0 Å². The maximum absolute atomic E-state index is 11.6. The van der Waals surface area contributed by atoms with Gasteiger partial charge in [-0.05, 0) is 26.3 Å². The molecule has 0 amide bonds. The van der Waals surface area contributed by atoms with Crippen molar-refractivity contribution in [2.75, 3.05) is 13.1 Å². The minimum absolute atomic E-state index is 0.0832. The summed E-state index contributed by atoms with van der Waals surface area (Å²) in [6, 6.07) is 1.55. The molecule has 1 N–H and O–H groups in total. The predicted octanol–water partition coefficient (Wildman–Crippen LogP) is 1.01. The molecule has 2 aromatic heterocycles. The van der Waals surface area contributed by atoms with Gasteiger partial charge in [-0.1, -0.05) is 12.1 Å². The Hall–Kier alpha value is -2.02. The summed E-state index contributed by atoms with van der Waals surface area (Å²) in [7, 11) is 0. The first-order valence-corrected chi connectivity index (χ1v) is 7.25. The lowest BCUT2D eigenvalue weighted by molar-refractivity contribution is 0.302. The predicted molar refractivity (Wildman–Crippen MR) is 75.9 cm³/mol. The topological polar surface area (TPSA) is 87.9 Å². The molecule has 1 saturated heterocycles. The molecular weight excluding hydrogens is 270 g/mol. The number of nitrogens with one attached hydrogen (secondary N) is 1.